The Kier molecular flexibility index (Phi) is 10.6. The number of fused-ring (bicyclic) bond motifs is 7. The Balaban J connectivity index is 1.25. The third-order valence-corrected chi connectivity index (χ3v) is 18.2. The minimum atomic E-state index is -0.826. The summed E-state index contributed by atoms with van der Waals surface area (Å²) in [5, 5.41) is 25.4. The number of aliphatic hydroxyl groups is 1. The molecule has 6 aliphatic carbocycles. The molecule has 0 bridgehead atoms. The van der Waals surface area contributed by atoms with Crippen LogP contribution in [0.2, 0.25) is 0 Å². The topological polar surface area (TPSA) is 139 Å². The molecule has 5 saturated carbocycles. The van der Waals surface area contributed by atoms with Gasteiger partial charge in [0.25, 0.3) is 0 Å². The first kappa shape index (κ1) is 40.9. The number of ether oxygens (including phenoxy) is 1. The number of hydrogen-bond donors (Lipinski definition) is 4. The molecule has 300 valence electrons. The molecule has 8 nitrogen and oxygen atoms in total. The van der Waals surface area contributed by atoms with E-state index in [4.69, 9.17) is 10.5 Å². The van der Waals surface area contributed by atoms with Crippen LogP contribution in [0.1, 0.15) is 140 Å². The molecule has 5 N–H and O–H groups in total. The fourth-order valence-corrected chi connectivity index (χ4v) is 14.4. The van der Waals surface area contributed by atoms with Crippen molar-refractivity contribution in [3.8, 4) is 0 Å². The van der Waals surface area contributed by atoms with Gasteiger partial charge in [-0.15, -0.1) is 0 Å². The molecule has 8 heteroatoms. The summed E-state index contributed by atoms with van der Waals surface area (Å²) < 4.78 is 6.41. The maximum atomic E-state index is 14.0. The number of aliphatic carboxylic acids is 1. The van der Waals surface area contributed by atoms with Gasteiger partial charge in [0.2, 0.25) is 0 Å². The second-order valence-electron chi connectivity index (χ2n) is 21.6. The van der Waals surface area contributed by atoms with Crippen LogP contribution in [0.4, 0.5) is 0 Å². The van der Waals surface area contributed by atoms with Crippen molar-refractivity contribution < 1.29 is 29.3 Å². The first-order chi connectivity index (χ1) is 24.5. The van der Waals surface area contributed by atoms with E-state index in [2.05, 4.69) is 67.6 Å². The number of aliphatic hydroxyl groups excluding tert-OH is 1. The fourth-order valence-electron chi connectivity index (χ4n) is 14.4. The van der Waals surface area contributed by atoms with Crippen LogP contribution in [-0.2, 0) is 19.1 Å². The number of Topliss-reactive ketones (excluding diaryl/α,β-unsaturated/α-hetero) is 1. The van der Waals surface area contributed by atoms with Crippen LogP contribution in [0.25, 0.3) is 0 Å². The monoisotopic (exact) mass is 739 g/mol. The van der Waals surface area contributed by atoms with Crippen LogP contribution in [0.5, 0.6) is 0 Å². The summed E-state index contributed by atoms with van der Waals surface area (Å²) in [7, 11) is 0. The first-order valence-corrected chi connectivity index (χ1v) is 21.3. The van der Waals surface area contributed by atoms with Crippen LogP contribution >= 0.6 is 0 Å². The van der Waals surface area contributed by atoms with E-state index in [-0.39, 0.29) is 57.3 Å². The number of rotatable bonds is 11. The minimum absolute atomic E-state index is 0.00682. The largest absolute Gasteiger partial charge is 0.481 e. The number of nitrogens with two attached hydrogens (primary N) is 1. The highest BCUT2D eigenvalue weighted by Gasteiger charge is 2.71. The smallest absolute Gasteiger partial charge is 0.309 e. The first-order valence-electron chi connectivity index (χ1n) is 21.3. The molecule has 5 fully saturated rings. The average molecular weight is 739 g/mol. The fraction of sp³-hybridized carbons (Fsp3) is 0.889. The van der Waals surface area contributed by atoms with Crippen molar-refractivity contribution in [1.82, 2.24) is 5.32 Å². The molecule has 0 heterocycles. The zero-order chi connectivity index (χ0) is 39.3. The lowest BCUT2D eigenvalue weighted by Gasteiger charge is -2.72. The van der Waals surface area contributed by atoms with E-state index >= 15 is 0 Å². The Labute approximate surface area is 320 Å². The number of carboxylic acids is 1. The van der Waals surface area contributed by atoms with Gasteiger partial charge in [0, 0.05) is 23.8 Å². The van der Waals surface area contributed by atoms with Gasteiger partial charge in [0.05, 0.1) is 17.9 Å². The molecule has 0 aromatic rings. The molecule has 0 saturated heterocycles. The number of carboxylic acid groups (broad SMARTS) is 1. The highest BCUT2D eigenvalue weighted by atomic mass is 16.5. The molecule has 0 aliphatic heterocycles. The molecule has 0 radical (unpaired) electrons. The predicted molar refractivity (Wildman–Crippen MR) is 209 cm³/mol. The van der Waals surface area contributed by atoms with Crippen LogP contribution in [-0.4, -0.2) is 59.8 Å². The van der Waals surface area contributed by atoms with Crippen LogP contribution < -0.4 is 11.1 Å². The van der Waals surface area contributed by atoms with Crippen LogP contribution in [0.3, 0.4) is 0 Å². The number of ketones is 1. The molecule has 12 atom stereocenters. The number of carbonyl (C=O) groups is 3. The number of esters is 1. The number of nitrogens with one attached hydrogen (secondary N) is 1. The summed E-state index contributed by atoms with van der Waals surface area (Å²) in [6.45, 7) is 26.7. The van der Waals surface area contributed by atoms with Gasteiger partial charge in [-0.1, -0.05) is 81.7 Å². The Morgan fingerprint density at radius 3 is 2.11 bits per heavy atom. The van der Waals surface area contributed by atoms with E-state index in [9.17, 15) is 24.6 Å². The molecule has 6 rings (SSSR count). The third-order valence-electron chi connectivity index (χ3n) is 18.2. The lowest BCUT2D eigenvalue weighted by atomic mass is 9.33. The van der Waals surface area contributed by atoms with Crippen molar-refractivity contribution in [3.63, 3.8) is 0 Å². The van der Waals surface area contributed by atoms with Gasteiger partial charge in [-0.05, 0) is 134 Å². The van der Waals surface area contributed by atoms with Crippen molar-refractivity contribution in [1.29, 1.82) is 0 Å². The van der Waals surface area contributed by atoms with Crippen molar-refractivity contribution in [2.24, 2.45) is 85.6 Å². The molecule has 0 aromatic carbocycles. The molecule has 0 amide bonds. The van der Waals surface area contributed by atoms with E-state index in [0.29, 0.717) is 49.6 Å². The maximum absolute atomic E-state index is 14.0. The summed E-state index contributed by atoms with van der Waals surface area (Å²) in [6, 6.07) is 0. The maximum Gasteiger partial charge on any atom is 0.309 e. The van der Waals surface area contributed by atoms with Crippen molar-refractivity contribution >= 4 is 17.7 Å². The van der Waals surface area contributed by atoms with Gasteiger partial charge >= 0.3 is 11.9 Å². The predicted octanol–water partition coefficient (Wildman–Crippen LogP) is 7.81. The summed E-state index contributed by atoms with van der Waals surface area (Å²) in [6.07, 6.45) is 8.02. The van der Waals surface area contributed by atoms with E-state index in [1.807, 2.05) is 13.8 Å². The molecule has 0 aromatic heterocycles. The van der Waals surface area contributed by atoms with Crippen LogP contribution in [0.15, 0.2) is 11.1 Å². The minimum Gasteiger partial charge on any atom is -0.481 e. The third kappa shape index (κ3) is 5.94. The van der Waals surface area contributed by atoms with E-state index < -0.39 is 28.8 Å². The zero-order valence-corrected chi connectivity index (χ0v) is 35.1. The second-order valence-corrected chi connectivity index (χ2v) is 21.6. The Bertz CT molecular complexity index is 1500. The van der Waals surface area contributed by atoms with Crippen molar-refractivity contribution in [2.75, 3.05) is 19.6 Å². The lowest BCUT2D eigenvalue weighted by molar-refractivity contribution is -0.238. The standard InChI is InChI=1S/C45H74N2O6/c1-25(2)27(22-46)23-47-24-34(49)45-19-18-43(10)28(37(45)36(26(3)4)31(48)21-45)12-13-33-42(9)16-15-35(41(7,8)32(42)14-17-44(33,43)11)53-39(52)30-20-29(38(50)51)40(30,5)6/h25-30,32-35,47,49H,12-24,46H2,1-11H3,(H,50,51)/t27-,28-,29+,30-,32+,33-,34+,35+,42+,43-,44-,45+/m1/s1. The van der Waals surface area contributed by atoms with Gasteiger partial charge in [-0.25, -0.2) is 0 Å². The zero-order valence-electron chi connectivity index (χ0n) is 35.1. The molecular weight excluding hydrogens is 665 g/mol. The van der Waals surface area contributed by atoms with Gasteiger partial charge in [0.15, 0.2) is 5.78 Å². The molecular formula is C45H74N2O6. The van der Waals surface area contributed by atoms with Crippen molar-refractivity contribution in [3.05, 3.63) is 11.1 Å². The van der Waals surface area contributed by atoms with E-state index in [1.54, 1.807) is 0 Å². The van der Waals surface area contributed by atoms with E-state index in [1.165, 1.54) is 5.57 Å². The van der Waals surface area contributed by atoms with Crippen LogP contribution in [0, 0.1) is 79.8 Å². The lowest BCUT2D eigenvalue weighted by Crippen LogP contribution is -2.66. The Hall–Kier alpha value is -1.77. The summed E-state index contributed by atoms with van der Waals surface area (Å²) >= 11 is 0. The highest BCUT2D eigenvalue weighted by Crippen LogP contribution is 2.77. The number of allylic oxidation sites excluding steroid dienone is 1. The number of carbonyl (C=O) groups excluding carboxylic acids is 2. The Morgan fingerprint density at radius 2 is 1.53 bits per heavy atom. The molecule has 0 unspecified atom stereocenters. The van der Waals surface area contributed by atoms with Gasteiger partial charge in [-0.2, -0.15) is 0 Å². The van der Waals surface area contributed by atoms with Gasteiger partial charge in [-0.3, -0.25) is 14.4 Å². The van der Waals surface area contributed by atoms with Gasteiger partial charge in [0.1, 0.15) is 6.10 Å². The average Bonchev–Trinajstić information content (AvgIpc) is 3.37. The number of hydrogen-bond acceptors (Lipinski definition) is 7. The van der Waals surface area contributed by atoms with Gasteiger partial charge < -0.3 is 26.0 Å². The molecule has 6 aliphatic rings. The SMILES string of the molecule is CC(C)C1=C2[C@H]3CC[C@@H]4[C@@]5(C)CC[C@H](OC(=O)[C@H]6C[C@@H](C(=O)O)C6(C)C)C(C)(C)[C@@H]5CC[C@@]4(C)[C@]3(C)CC[C@@]2([C@@H](O)CNC[C@@H](CN)C(C)C)CC1=O. The highest BCUT2D eigenvalue weighted by molar-refractivity contribution is 6.00. The van der Waals surface area contributed by atoms with Crippen molar-refractivity contribution in [2.45, 2.75) is 153 Å². The van der Waals surface area contributed by atoms with E-state index in [0.717, 1.165) is 63.5 Å². The molecule has 0 spiro atoms. The second kappa shape index (κ2) is 13.7. The summed E-state index contributed by atoms with van der Waals surface area (Å²) in [4.78, 5) is 39.4. The molecule has 53 heavy (non-hydrogen) atoms. The quantitative estimate of drug-likeness (QED) is 0.158. The normalized spacial score (nSPS) is 42.6. The Morgan fingerprint density at radius 1 is 0.849 bits per heavy atom. The summed E-state index contributed by atoms with van der Waals surface area (Å²) in [5.74, 6) is 0.452. The summed E-state index contributed by atoms with van der Waals surface area (Å²) in [5.41, 5.74) is 7.27.